The van der Waals surface area contributed by atoms with Crippen LogP contribution in [-0.4, -0.2) is 22.2 Å². The molecule has 1 aliphatic heterocycles. The van der Waals surface area contributed by atoms with Crippen molar-refractivity contribution < 1.29 is 5.11 Å². The lowest BCUT2D eigenvalue weighted by Crippen LogP contribution is -2.19. The van der Waals surface area contributed by atoms with Crippen LogP contribution in [0.2, 0.25) is 0 Å². The fourth-order valence-corrected chi connectivity index (χ4v) is 3.91. The van der Waals surface area contributed by atoms with Gasteiger partial charge in [-0.3, -0.25) is 14.8 Å². The van der Waals surface area contributed by atoms with Crippen molar-refractivity contribution in [3.8, 4) is 5.88 Å². The van der Waals surface area contributed by atoms with Crippen molar-refractivity contribution in [1.82, 2.24) is 4.98 Å². The summed E-state index contributed by atoms with van der Waals surface area (Å²) in [6, 6.07) is 0. The third-order valence-electron chi connectivity index (χ3n) is 3.23. The molecule has 1 aromatic heterocycles. The molecule has 0 fully saturated rings. The lowest BCUT2D eigenvalue weighted by molar-refractivity contribution is 0.438. The van der Waals surface area contributed by atoms with Crippen LogP contribution in [0.4, 0.5) is 0 Å². The minimum absolute atomic E-state index is 0.0476. The Bertz CT molecular complexity index is 548. The highest BCUT2D eigenvalue weighted by Gasteiger charge is 2.36. The van der Waals surface area contributed by atoms with Crippen LogP contribution in [0.15, 0.2) is 9.79 Å². The summed E-state index contributed by atoms with van der Waals surface area (Å²) in [7, 11) is 1.71. The molecule has 0 amide bonds. The third-order valence-corrected chi connectivity index (χ3v) is 4.59. The molecule has 4 nitrogen and oxygen atoms in total. The molecule has 3 rings (SSSR count). The number of H-pyrrole nitrogens is 1. The molecule has 0 aromatic carbocycles. The van der Waals surface area contributed by atoms with Gasteiger partial charge in [0.1, 0.15) is 5.04 Å². The molecule has 84 valence electrons. The Balaban J connectivity index is 2.38. The quantitative estimate of drug-likeness (QED) is 0.718. The molecule has 1 unspecified atom stereocenters. The SMILES string of the molecule is CN=C1SC2CCCc3c(O)[nH]c(=O)c1c32. The van der Waals surface area contributed by atoms with E-state index in [0.29, 0.717) is 10.8 Å². The fourth-order valence-electron chi connectivity index (χ4n) is 2.55. The summed E-state index contributed by atoms with van der Waals surface area (Å²) >= 11 is 1.65. The van der Waals surface area contributed by atoms with E-state index >= 15 is 0 Å². The average Bonchev–Trinajstić information content (AvgIpc) is 2.65. The number of aromatic amines is 1. The van der Waals surface area contributed by atoms with Crippen LogP contribution in [0.3, 0.4) is 0 Å². The Hall–Kier alpha value is -1.23. The molecule has 5 heteroatoms. The maximum Gasteiger partial charge on any atom is 0.261 e. The van der Waals surface area contributed by atoms with Gasteiger partial charge in [-0.25, -0.2) is 0 Å². The van der Waals surface area contributed by atoms with Crippen LogP contribution in [-0.2, 0) is 6.42 Å². The summed E-state index contributed by atoms with van der Waals surface area (Å²) in [6.45, 7) is 0. The van der Waals surface area contributed by atoms with Crippen molar-refractivity contribution in [2.45, 2.75) is 24.5 Å². The molecular formula is C11H12N2O2S. The van der Waals surface area contributed by atoms with Crippen molar-refractivity contribution in [1.29, 1.82) is 0 Å². The number of aromatic hydroxyl groups is 1. The number of hydrogen-bond acceptors (Lipinski definition) is 4. The fraction of sp³-hybridized carbons (Fsp3) is 0.455. The lowest BCUT2D eigenvalue weighted by Gasteiger charge is -2.20. The summed E-state index contributed by atoms with van der Waals surface area (Å²) in [5, 5.41) is 10.9. The number of aliphatic imine (C=N–C) groups is 1. The van der Waals surface area contributed by atoms with Crippen LogP contribution in [0, 0.1) is 0 Å². The molecule has 1 aliphatic carbocycles. The second-order valence-corrected chi connectivity index (χ2v) is 5.29. The first-order valence-corrected chi connectivity index (χ1v) is 6.22. The molecule has 2 N–H and O–H groups in total. The van der Waals surface area contributed by atoms with E-state index in [1.54, 1.807) is 18.8 Å². The number of nitrogens with zero attached hydrogens (tertiary/aromatic N) is 1. The second kappa shape index (κ2) is 3.38. The van der Waals surface area contributed by atoms with E-state index in [0.717, 1.165) is 35.4 Å². The van der Waals surface area contributed by atoms with Gasteiger partial charge in [-0.05, 0) is 24.8 Å². The smallest absolute Gasteiger partial charge is 0.261 e. The number of rotatable bonds is 0. The summed E-state index contributed by atoms with van der Waals surface area (Å²) < 4.78 is 0. The van der Waals surface area contributed by atoms with E-state index in [1.165, 1.54) is 0 Å². The van der Waals surface area contributed by atoms with Crippen LogP contribution in [0.5, 0.6) is 5.88 Å². The van der Waals surface area contributed by atoms with Gasteiger partial charge in [0.05, 0.1) is 5.56 Å². The van der Waals surface area contributed by atoms with E-state index in [9.17, 15) is 9.90 Å². The molecule has 0 saturated heterocycles. The highest BCUT2D eigenvalue weighted by Crippen LogP contribution is 2.49. The van der Waals surface area contributed by atoms with Crippen molar-refractivity contribution >= 4 is 16.8 Å². The Labute approximate surface area is 96.8 Å². The number of nitrogens with one attached hydrogen (secondary N) is 1. The minimum atomic E-state index is -0.214. The van der Waals surface area contributed by atoms with Gasteiger partial charge < -0.3 is 5.11 Å². The van der Waals surface area contributed by atoms with Gasteiger partial charge in [0.2, 0.25) is 0 Å². The van der Waals surface area contributed by atoms with E-state index in [1.807, 2.05) is 0 Å². The first kappa shape index (κ1) is 9.96. The molecule has 2 aliphatic rings. The normalized spacial score (nSPS) is 24.8. The molecule has 16 heavy (non-hydrogen) atoms. The van der Waals surface area contributed by atoms with Crippen LogP contribution < -0.4 is 5.56 Å². The highest BCUT2D eigenvalue weighted by molar-refractivity contribution is 8.15. The monoisotopic (exact) mass is 236 g/mol. The Morgan fingerprint density at radius 3 is 3.12 bits per heavy atom. The Morgan fingerprint density at radius 2 is 2.38 bits per heavy atom. The van der Waals surface area contributed by atoms with Crippen molar-refractivity contribution in [2.24, 2.45) is 4.99 Å². The second-order valence-electron chi connectivity index (χ2n) is 4.10. The third kappa shape index (κ3) is 1.18. The van der Waals surface area contributed by atoms with Gasteiger partial charge in [0.25, 0.3) is 5.56 Å². The molecule has 0 radical (unpaired) electrons. The zero-order valence-corrected chi connectivity index (χ0v) is 9.73. The first-order chi connectivity index (χ1) is 7.72. The molecule has 0 saturated carbocycles. The predicted octanol–water partition coefficient (Wildman–Crippen LogP) is 1.58. The van der Waals surface area contributed by atoms with Crippen molar-refractivity contribution in [2.75, 3.05) is 7.05 Å². The van der Waals surface area contributed by atoms with Gasteiger partial charge in [-0.2, -0.15) is 0 Å². The maximum absolute atomic E-state index is 11.8. The van der Waals surface area contributed by atoms with Gasteiger partial charge in [0.15, 0.2) is 5.88 Å². The maximum atomic E-state index is 11.8. The summed E-state index contributed by atoms with van der Waals surface area (Å²) in [4.78, 5) is 18.5. The van der Waals surface area contributed by atoms with E-state index < -0.39 is 0 Å². The Kier molecular flexibility index (Phi) is 2.10. The predicted molar refractivity (Wildman–Crippen MR) is 64.5 cm³/mol. The number of hydrogen-bond donors (Lipinski definition) is 2. The van der Waals surface area contributed by atoms with Crippen molar-refractivity contribution in [3.05, 3.63) is 27.0 Å². The molecule has 2 heterocycles. The molecule has 1 atom stereocenters. The van der Waals surface area contributed by atoms with Crippen LogP contribution in [0.1, 0.15) is 34.8 Å². The van der Waals surface area contributed by atoms with Gasteiger partial charge in [0, 0.05) is 17.9 Å². The van der Waals surface area contributed by atoms with Gasteiger partial charge in [-0.1, -0.05) is 11.8 Å². The van der Waals surface area contributed by atoms with E-state index in [-0.39, 0.29) is 11.4 Å². The standard InChI is InChI=1S/C11H12N2O2S/c1-12-11-8-7-5(9(14)13-10(8)15)3-2-4-6(7)16-11/h6H,2-4H2,1H3,(H2,13,14,15). The van der Waals surface area contributed by atoms with Crippen LogP contribution in [0.25, 0.3) is 0 Å². The number of aromatic nitrogens is 1. The van der Waals surface area contributed by atoms with Gasteiger partial charge in [-0.15, -0.1) is 0 Å². The molecule has 1 aromatic rings. The van der Waals surface area contributed by atoms with E-state index in [4.69, 9.17) is 0 Å². The largest absolute Gasteiger partial charge is 0.494 e. The lowest BCUT2D eigenvalue weighted by atomic mass is 9.89. The van der Waals surface area contributed by atoms with Crippen LogP contribution >= 0.6 is 11.8 Å². The topological polar surface area (TPSA) is 65.5 Å². The minimum Gasteiger partial charge on any atom is -0.494 e. The molecule has 0 spiro atoms. The van der Waals surface area contributed by atoms with Crippen molar-refractivity contribution in [3.63, 3.8) is 0 Å². The average molecular weight is 236 g/mol. The zero-order valence-electron chi connectivity index (χ0n) is 8.91. The van der Waals surface area contributed by atoms with Gasteiger partial charge >= 0.3 is 0 Å². The summed E-state index contributed by atoms with van der Waals surface area (Å²) in [5.74, 6) is 0.0476. The Morgan fingerprint density at radius 1 is 1.56 bits per heavy atom. The molecule has 0 bridgehead atoms. The number of thioether (sulfide) groups is 1. The zero-order chi connectivity index (χ0) is 11.3. The highest BCUT2D eigenvalue weighted by atomic mass is 32.2. The molecular weight excluding hydrogens is 224 g/mol. The van der Waals surface area contributed by atoms with E-state index in [2.05, 4.69) is 9.98 Å². The summed E-state index contributed by atoms with van der Waals surface area (Å²) in [6.07, 6.45) is 2.96. The number of pyridine rings is 1. The summed E-state index contributed by atoms with van der Waals surface area (Å²) in [5.41, 5.74) is 2.41. The first-order valence-electron chi connectivity index (χ1n) is 5.34.